The summed E-state index contributed by atoms with van der Waals surface area (Å²) in [7, 11) is 0. The van der Waals surface area contributed by atoms with Crippen molar-refractivity contribution in [3.8, 4) is 0 Å². The Labute approximate surface area is 112 Å². The number of benzene rings is 1. The predicted molar refractivity (Wildman–Crippen MR) is 77.6 cm³/mol. The first-order valence-corrected chi connectivity index (χ1v) is 7.25. The number of carbonyl (C=O) groups is 1. The molecule has 0 spiro atoms. The number of carbonyl (C=O) groups excluding carboxylic acids is 1. The topological polar surface area (TPSA) is 17.1 Å². The summed E-state index contributed by atoms with van der Waals surface area (Å²) in [4.78, 5) is 14.8. The molecule has 0 aliphatic heterocycles. The van der Waals surface area contributed by atoms with Crippen LogP contribution in [0.15, 0.2) is 36.4 Å². The number of Topliss-reactive ketones (excluding diaryl/α,β-unsaturated/α-hetero) is 1. The van der Waals surface area contributed by atoms with E-state index < -0.39 is 0 Å². The molecule has 2 aromatic rings. The van der Waals surface area contributed by atoms with Crippen LogP contribution in [0.2, 0.25) is 0 Å². The smallest absolute Gasteiger partial charge is 0.168 e. The van der Waals surface area contributed by atoms with Gasteiger partial charge in [0.05, 0.1) is 0 Å². The van der Waals surface area contributed by atoms with Gasteiger partial charge in [-0.25, -0.2) is 0 Å². The van der Waals surface area contributed by atoms with E-state index in [0.717, 1.165) is 24.0 Å². The third-order valence-corrected chi connectivity index (χ3v) is 4.33. The summed E-state index contributed by atoms with van der Waals surface area (Å²) in [5.41, 5.74) is 2.03. The average molecular weight is 258 g/mol. The highest BCUT2D eigenvalue weighted by Crippen LogP contribution is 2.20. The van der Waals surface area contributed by atoms with E-state index in [1.807, 2.05) is 24.3 Å². The zero-order valence-electron chi connectivity index (χ0n) is 10.9. The minimum Gasteiger partial charge on any atom is -0.294 e. The highest BCUT2D eigenvalue weighted by atomic mass is 32.1. The van der Waals surface area contributed by atoms with Gasteiger partial charge >= 0.3 is 0 Å². The normalized spacial score (nSPS) is 10.6. The number of ketones is 1. The first-order chi connectivity index (χ1) is 8.74. The molecule has 0 N–H and O–H groups in total. The fourth-order valence-electron chi connectivity index (χ4n) is 2.06. The molecule has 0 aliphatic rings. The molecule has 0 fully saturated rings. The average Bonchev–Trinajstić information content (AvgIpc) is 2.86. The lowest BCUT2D eigenvalue weighted by molar-refractivity contribution is 0.0993. The van der Waals surface area contributed by atoms with E-state index in [2.05, 4.69) is 26.0 Å². The summed E-state index contributed by atoms with van der Waals surface area (Å²) in [6.07, 6.45) is 2.48. The second kappa shape index (κ2) is 5.96. The van der Waals surface area contributed by atoms with Crippen molar-refractivity contribution in [2.45, 2.75) is 33.1 Å². The van der Waals surface area contributed by atoms with Gasteiger partial charge in [-0.1, -0.05) is 38.1 Å². The summed E-state index contributed by atoms with van der Waals surface area (Å²) < 4.78 is 0. The lowest BCUT2D eigenvalue weighted by Gasteiger charge is -2.05. The maximum Gasteiger partial charge on any atom is 0.168 e. The van der Waals surface area contributed by atoms with Crippen molar-refractivity contribution >= 4 is 17.1 Å². The van der Waals surface area contributed by atoms with Crippen LogP contribution in [0.3, 0.4) is 0 Å². The molecule has 1 heterocycles. The van der Waals surface area contributed by atoms with Gasteiger partial charge in [-0.05, 0) is 30.5 Å². The monoisotopic (exact) mass is 258 g/mol. The molecule has 1 aromatic carbocycles. The number of hydrogen-bond donors (Lipinski definition) is 0. The summed E-state index contributed by atoms with van der Waals surface area (Å²) in [6.45, 7) is 4.23. The van der Waals surface area contributed by atoms with Gasteiger partial charge in [0.2, 0.25) is 0 Å². The van der Waals surface area contributed by atoms with E-state index in [1.54, 1.807) is 11.3 Å². The molecule has 1 nitrogen and oxygen atoms in total. The minimum atomic E-state index is 0.233. The second-order valence-corrected chi connectivity index (χ2v) is 5.59. The van der Waals surface area contributed by atoms with E-state index >= 15 is 0 Å². The summed E-state index contributed by atoms with van der Waals surface area (Å²) in [5, 5.41) is 0. The van der Waals surface area contributed by atoms with Crippen molar-refractivity contribution in [1.29, 1.82) is 0 Å². The van der Waals surface area contributed by atoms with Crippen LogP contribution in [-0.4, -0.2) is 5.78 Å². The Kier molecular flexibility index (Phi) is 4.32. The maximum atomic E-state index is 12.3. The summed E-state index contributed by atoms with van der Waals surface area (Å²) in [6, 6.07) is 12.1. The Balaban J connectivity index is 2.16. The Morgan fingerprint density at radius 2 is 1.72 bits per heavy atom. The molecule has 0 unspecified atom stereocenters. The van der Waals surface area contributed by atoms with Crippen molar-refractivity contribution < 1.29 is 4.79 Å². The molecule has 0 bridgehead atoms. The molecule has 0 radical (unpaired) electrons. The van der Waals surface area contributed by atoms with Crippen molar-refractivity contribution in [3.05, 3.63) is 57.3 Å². The zero-order chi connectivity index (χ0) is 13.0. The fraction of sp³-hybridized carbons (Fsp3) is 0.312. The standard InChI is InChI=1S/C16H18OS/c1-3-12-7-5-6-8-15(12)16(17)11-14-10-9-13(4-2)18-14/h5-10H,3-4,11H2,1-2H3. The quantitative estimate of drug-likeness (QED) is 0.731. The lowest BCUT2D eigenvalue weighted by Crippen LogP contribution is -2.05. The minimum absolute atomic E-state index is 0.233. The summed E-state index contributed by atoms with van der Waals surface area (Å²) in [5.74, 6) is 0.233. The summed E-state index contributed by atoms with van der Waals surface area (Å²) >= 11 is 1.75. The Morgan fingerprint density at radius 1 is 1.00 bits per heavy atom. The largest absolute Gasteiger partial charge is 0.294 e. The van der Waals surface area contributed by atoms with Crippen LogP contribution in [0.5, 0.6) is 0 Å². The Morgan fingerprint density at radius 3 is 2.39 bits per heavy atom. The van der Waals surface area contributed by atoms with Gasteiger partial charge < -0.3 is 0 Å². The molecular weight excluding hydrogens is 240 g/mol. The van der Waals surface area contributed by atoms with E-state index in [9.17, 15) is 4.79 Å². The van der Waals surface area contributed by atoms with E-state index in [-0.39, 0.29) is 5.78 Å². The van der Waals surface area contributed by atoms with Gasteiger partial charge in [-0.2, -0.15) is 0 Å². The highest BCUT2D eigenvalue weighted by Gasteiger charge is 2.11. The van der Waals surface area contributed by atoms with Crippen LogP contribution >= 0.6 is 11.3 Å². The molecule has 0 atom stereocenters. The van der Waals surface area contributed by atoms with Gasteiger partial charge in [0.25, 0.3) is 0 Å². The molecule has 2 rings (SSSR count). The van der Waals surface area contributed by atoms with Crippen molar-refractivity contribution in [2.24, 2.45) is 0 Å². The zero-order valence-corrected chi connectivity index (χ0v) is 11.7. The van der Waals surface area contributed by atoms with Crippen LogP contribution in [-0.2, 0) is 19.3 Å². The maximum absolute atomic E-state index is 12.3. The Hall–Kier alpha value is -1.41. The van der Waals surface area contributed by atoms with Crippen LogP contribution in [0, 0.1) is 0 Å². The number of aryl methyl sites for hydroxylation is 2. The SMILES string of the molecule is CCc1ccc(CC(=O)c2ccccc2CC)s1. The molecule has 0 saturated carbocycles. The first kappa shape index (κ1) is 13.0. The number of thiophene rings is 1. The van der Waals surface area contributed by atoms with Crippen molar-refractivity contribution in [1.82, 2.24) is 0 Å². The van der Waals surface area contributed by atoms with Gasteiger partial charge in [0.15, 0.2) is 5.78 Å². The lowest BCUT2D eigenvalue weighted by atomic mass is 9.99. The first-order valence-electron chi connectivity index (χ1n) is 6.43. The molecule has 0 aliphatic carbocycles. The van der Waals surface area contributed by atoms with Crippen LogP contribution in [0.4, 0.5) is 0 Å². The predicted octanol–water partition coefficient (Wildman–Crippen LogP) is 4.30. The van der Waals surface area contributed by atoms with Crippen LogP contribution < -0.4 is 0 Å². The van der Waals surface area contributed by atoms with Gasteiger partial charge in [-0.15, -0.1) is 11.3 Å². The fourth-order valence-corrected chi connectivity index (χ4v) is 3.02. The van der Waals surface area contributed by atoms with Crippen LogP contribution in [0.1, 0.15) is 39.5 Å². The van der Waals surface area contributed by atoms with E-state index in [0.29, 0.717) is 6.42 Å². The van der Waals surface area contributed by atoms with E-state index in [1.165, 1.54) is 9.75 Å². The third kappa shape index (κ3) is 2.88. The van der Waals surface area contributed by atoms with Gasteiger partial charge in [-0.3, -0.25) is 4.79 Å². The number of hydrogen-bond acceptors (Lipinski definition) is 2. The molecule has 0 saturated heterocycles. The molecule has 2 heteroatoms. The van der Waals surface area contributed by atoms with Gasteiger partial charge in [0.1, 0.15) is 0 Å². The number of rotatable bonds is 5. The van der Waals surface area contributed by atoms with Crippen molar-refractivity contribution in [2.75, 3.05) is 0 Å². The third-order valence-electron chi connectivity index (χ3n) is 3.10. The molecular formula is C16H18OS. The molecule has 94 valence electrons. The van der Waals surface area contributed by atoms with Crippen LogP contribution in [0.25, 0.3) is 0 Å². The van der Waals surface area contributed by atoms with E-state index in [4.69, 9.17) is 0 Å². The second-order valence-electron chi connectivity index (χ2n) is 4.33. The highest BCUT2D eigenvalue weighted by molar-refractivity contribution is 7.12. The van der Waals surface area contributed by atoms with Crippen molar-refractivity contribution in [3.63, 3.8) is 0 Å². The molecule has 18 heavy (non-hydrogen) atoms. The van der Waals surface area contributed by atoms with Gasteiger partial charge in [0, 0.05) is 21.7 Å². The Bertz CT molecular complexity index is 540. The molecule has 1 aromatic heterocycles. The molecule has 0 amide bonds.